The Morgan fingerprint density at radius 2 is 2.25 bits per heavy atom. The highest BCUT2D eigenvalue weighted by atomic mass is 19.1. The van der Waals surface area contributed by atoms with Crippen molar-refractivity contribution in [2.75, 3.05) is 13.1 Å². The van der Waals surface area contributed by atoms with Crippen LogP contribution < -0.4 is 0 Å². The largest absolute Gasteiger partial charge is 0.368 e. The van der Waals surface area contributed by atoms with Gasteiger partial charge in [-0.1, -0.05) is 30.3 Å². The molecule has 2 rings (SSSR count). The maximum atomic E-state index is 13.7. The van der Waals surface area contributed by atoms with E-state index in [1.807, 2.05) is 17.0 Å². The maximum Gasteiger partial charge on any atom is 0.127 e. The van der Waals surface area contributed by atoms with Crippen LogP contribution in [0.2, 0.25) is 0 Å². The van der Waals surface area contributed by atoms with Gasteiger partial charge in [0.25, 0.3) is 0 Å². The van der Waals surface area contributed by atoms with E-state index < -0.39 is 5.67 Å². The SMILES string of the molecule is C=C(c1cccc(C)c1)N1CCC(C)(F)C1. The molecule has 1 heterocycles. The number of aryl methyl sites for hydroxylation is 1. The number of hydrogen-bond acceptors (Lipinski definition) is 1. The Hall–Kier alpha value is -1.31. The number of rotatable bonds is 2. The summed E-state index contributed by atoms with van der Waals surface area (Å²) in [6.07, 6.45) is 0.595. The first kappa shape index (κ1) is 11.2. The number of hydrogen-bond donors (Lipinski definition) is 0. The minimum absolute atomic E-state index is 0.458. The molecule has 86 valence electrons. The van der Waals surface area contributed by atoms with E-state index in [0.29, 0.717) is 13.0 Å². The molecule has 1 aliphatic rings. The van der Waals surface area contributed by atoms with E-state index in [4.69, 9.17) is 0 Å². The predicted molar refractivity (Wildman–Crippen MR) is 65.9 cm³/mol. The lowest BCUT2D eigenvalue weighted by molar-refractivity contribution is 0.205. The summed E-state index contributed by atoms with van der Waals surface area (Å²) < 4.78 is 13.7. The van der Waals surface area contributed by atoms with Crippen LogP contribution in [0, 0.1) is 6.92 Å². The van der Waals surface area contributed by atoms with E-state index in [9.17, 15) is 4.39 Å². The second-order valence-corrected chi connectivity index (χ2v) is 4.90. The van der Waals surface area contributed by atoms with Crippen molar-refractivity contribution in [2.24, 2.45) is 0 Å². The van der Waals surface area contributed by atoms with E-state index >= 15 is 0 Å². The van der Waals surface area contributed by atoms with Crippen molar-refractivity contribution >= 4 is 5.70 Å². The lowest BCUT2D eigenvalue weighted by Crippen LogP contribution is -2.24. The van der Waals surface area contributed by atoms with Crippen LogP contribution in [0.1, 0.15) is 24.5 Å². The van der Waals surface area contributed by atoms with Gasteiger partial charge in [0.15, 0.2) is 0 Å². The molecule has 1 atom stereocenters. The smallest absolute Gasteiger partial charge is 0.127 e. The lowest BCUT2D eigenvalue weighted by atomic mass is 10.1. The average Bonchev–Trinajstić information content (AvgIpc) is 2.58. The number of halogens is 1. The topological polar surface area (TPSA) is 3.24 Å². The first-order chi connectivity index (χ1) is 7.48. The van der Waals surface area contributed by atoms with Gasteiger partial charge in [0.1, 0.15) is 5.67 Å². The van der Waals surface area contributed by atoms with Gasteiger partial charge in [-0.2, -0.15) is 0 Å². The van der Waals surface area contributed by atoms with Crippen molar-refractivity contribution in [1.29, 1.82) is 0 Å². The Balaban J connectivity index is 2.15. The molecule has 0 radical (unpaired) electrons. The third-order valence-electron chi connectivity index (χ3n) is 3.16. The Morgan fingerprint density at radius 1 is 1.50 bits per heavy atom. The summed E-state index contributed by atoms with van der Waals surface area (Å²) in [5, 5.41) is 0. The quantitative estimate of drug-likeness (QED) is 0.737. The van der Waals surface area contributed by atoms with Crippen LogP contribution in [0.25, 0.3) is 5.70 Å². The van der Waals surface area contributed by atoms with Crippen LogP contribution in [-0.4, -0.2) is 23.7 Å². The molecule has 1 aromatic carbocycles. The number of benzene rings is 1. The standard InChI is InChI=1S/C14H18FN/c1-11-5-4-6-13(9-11)12(2)16-8-7-14(3,15)10-16/h4-6,9H,2,7-8,10H2,1,3H3. The Kier molecular flexibility index (Phi) is 2.75. The van der Waals surface area contributed by atoms with Crippen LogP contribution in [0.15, 0.2) is 30.8 Å². The second-order valence-electron chi connectivity index (χ2n) is 4.90. The van der Waals surface area contributed by atoms with Crippen molar-refractivity contribution in [2.45, 2.75) is 25.9 Å². The highest BCUT2D eigenvalue weighted by Crippen LogP contribution is 2.30. The molecule has 0 amide bonds. The highest BCUT2D eigenvalue weighted by molar-refractivity contribution is 5.62. The first-order valence-electron chi connectivity index (χ1n) is 5.68. The molecule has 1 unspecified atom stereocenters. The molecule has 0 aliphatic carbocycles. The molecule has 0 N–H and O–H groups in total. The summed E-state index contributed by atoms with van der Waals surface area (Å²) in [7, 11) is 0. The summed E-state index contributed by atoms with van der Waals surface area (Å²) in [6, 6.07) is 8.19. The lowest BCUT2D eigenvalue weighted by Gasteiger charge is -2.22. The molecule has 2 heteroatoms. The monoisotopic (exact) mass is 219 g/mol. The zero-order valence-corrected chi connectivity index (χ0v) is 9.96. The van der Waals surface area contributed by atoms with Gasteiger partial charge in [-0.05, 0) is 25.5 Å². The van der Waals surface area contributed by atoms with E-state index in [0.717, 1.165) is 17.8 Å². The minimum Gasteiger partial charge on any atom is -0.368 e. The molecule has 1 aliphatic heterocycles. The molecule has 0 bridgehead atoms. The number of likely N-dealkylation sites (tertiary alicyclic amines) is 1. The van der Waals surface area contributed by atoms with Crippen molar-refractivity contribution in [3.05, 3.63) is 42.0 Å². The Bertz CT molecular complexity index is 409. The van der Waals surface area contributed by atoms with Gasteiger partial charge in [-0.15, -0.1) is 0 Å². The van der Waals surface area contributed by atoms with Gasteiger partial charge in [0.2, 0.25) is 0 Å². The van der Waals surface area contributed by atoms with Crippen LogP contribution in [0.4, 0.5) is 4.39 Å². The summed E-state index contributed by atoms with van der Waals surface area (Å²) >= 11 is 0. The molecule has 1 nitrogen and oxygen atoms in total. The van der Waals surface area contributed by atoms with Crippen LogP contribution >= 0.6 is 0 Å². The van der Waals surface area contributed by atoms with Gasteiger partial charge >= 0.3 is 0 Å². The Morgan fingerprint density at radius 3 is 2.81 bits per heavy atom. The molecular weight excluding hydrogens is 201 g/mol. The van der Waals surface area contributed by atoms with Gasteiger partial charge in [0.05, 0.1) is 6.54 Å². The van der Waals surface area contributed by atoms with Crippen molar-refractivity contribution in [3.63, 3.8) is 0 Å². The normalized spacial score (nSPS) is 24.8. The van der Waals surface area contributed by atoms with Crippen molar-refractivity contribution < 1.29 is 4.39 Å². The summed E-state index contributed by atoms with van der Waals surface area (Å²) in [6.45, 7) is 9.01. The van der Waals surface area contributed by atoms with Gasteiger partial charge in [-0.3, -0.25) is 0 Å². The van der Waals surface area contributed by atoms with E-state index in [1.165, 1.54) is 5.56 Å². The summed E-state index contributed by atoms with van der Waals surface area (Å²) in [4.78, 5) is 2.04. The summed E-state index contributed by atoms with van der Waals surface area (Å²) in [5.41, 5.74) is 2.18. The van der Waals surface area contributed by atoms with Gasteiger partial charge in [-0.25, -0.2) is 4.39 Å². The molecule has 0 aromatic heterocycles. The van der Waals surface area contributed by atoms with Crippen LogP contribution in [0.3, 0.4) is 0 Å². The fraction of sp³-hybridized carbons (Fsp3) is 0.429. The fourth-order valence-electron chi connectivity index (χ4n) is 2.16. The van der Waals surface area contributed by atoms with E-state index in [2.05, 4.69) is 25.6 Å². The molecular formula is C14H18FN. The van der Waals surface area contributed by atoms with Gasteiger partial charge in [0, 0.05) is 18.7 Å². The van der Waals surface area contributed by atoms with Gasteiger partial charge < -0.3 is 4.90 Å². The average molecular weight is 219 g/mol. The minimum atomic E-state index is -1.06. The molecule has 1 saturated heterocycles. The van der Waals surface area contributed by atoms with E-state index in [1.54, 1.807) is 6.92 Å². The van der Waals surface area contributed by atoms with Crippen molar-refractivity contribution in [1.82, 2.24) is 4.90 Å². The summed E-state index contributed by atoms with van der Waals surface area (Å²) in [5.74, 6) is 0. The molecule has 16 heavy (non-hydrogen) atoms. The molecule has 1 fully saturated rings. The predicted octanol–water partition coefficient (Wildman–Crippen LogP) is 3.40. The zero-order valence-electron chi connectivity index (χ0n) is 9.96. The van der Waals surface area contributed by atoms with Crippen LogP contribution in [-0.2, 0) is 0 Å². The molecule has 0 saturated carbocycles. The molecule has 0 spiro atoms. The van der Waals surface area contributed by atoms with Crippen molar-refractivity contribution in [3.8, 4) is 0 Å². The fourth-order valence-corrected chi connectivity index (χ4v) is 2.16. The number of nitrogens with zero attached hydrogens (tertiary/aromatic N) is 1. The highest BCUT2D eigenvalue weighted by Gasteiger charge is 2.34. The van der Waals surface area contributed by atoms with E-state index in [-0.39, 0.29) is 0 Å². The van der Waals surface area contributed by atoms with Crippen LogP contribution in [0.5, 0.6) is 0 Å². The third-order valence-corrected chi connectivity index (χ3v) is 3.16. The third kappa shape index (κ3) is 2.26. The first-order valence-corrected chi connectivity index (χ1v) is 5.68. The second kappa shape index (κ2) is 3.93. The molecule has 1 aromatic rings. The Labute approximate surface area is 96.6 Å². The maximum absolute atomic E-state index is 13.7. The number of alkyl halides is 1. The zero-order chi connectivity index (χ0) is 11.8.